The first-order valence-corrected chi connectivity index (χ1v) is 10.7. The van der Waals surface area contributed by atoms with Crippen molar-refractivity contribution in [3.05, 3.63) is 87.2 Å². The van der Waals surface area contributed by atoms with Crippen LogP contribution in [0.15, 0.2) is 59.8 Å². The minimum atomic E-state index is -0.190. The highest BCUT2D eigenvalue weighted by Gasteiger charge is 2.30. The number of aliphatic hydroxyl groups is 1. The molecule has 3 rings (SSSR count). The minimum absolute atomic E-state index is 0.0713. The number of likely N-dealkylation sites (tertiary alicyclic amines) is 1. The Labute approximate surface area is 188 Å². The van der Waals surface area contributed by atoms with Crippen LogP contribution in [0, 0.1) is 0 Å². The predicted molar refractivity (Wildman–Crippen MR) is 122 cm³/mol. The van der Waals surface area contributed by atoms with Gasteiger partial charge in [0.15, 0.2) is 5.78 Å². The summed E-state index contributed by atoms with van der Waals surface area (Å²) in [6.07, 6.45) is 5.98. The second-order valence-corrected chi connectivity index (χ2v) is 8.34. The number of nitrogens with zero attached hydrogens (tertiary/aromatic N) is 2. The van der Waals surface area contributed by atoms with Crippen LogP contribution in [0.25, 0.3) is 0 Å². The van der Waals surface area contributed by atoms with Crippen molar-refractivity contribution in [3.8, 4) is 0 Å². The molecule has 1 aliphatic heterocycles. The quantitative estimate of drug-likeness (QED) is 0.393. The maximum absolute atomic E-state index is 12.9. The van der Waals surface area contributed by atoms with Crippen molar-refractivity contribution in [1.82, 2.24) is 9.88 Å². The summed E-state index contributed by atoms with van der Waals surface area (Å²) < 4.78 is 0. The Morgan fingerprint density at radius 1 is 1.29 bits per heavy atom. The fourth-order valence-electron chi connectivity index (χ4n) is 3.93. The lowest BCUT2D eigenvalue weighted by atomic mass is 9.90. The average molecular weight is 439 g/mol. The van der Waals surface area contributed by atoms with Crippen LogP contribution in [0.3, 0.4) is 0 Å². The summed E-state index contributed by atoms with van der Waals surface area (Å²) in [5, 5.41) is 10.3. The smallest absolute Gasteiger partial charge is 0.274 e. The zero-order chi connectivity index (χ0) is 22.5. The number of ketones is 1. The number of aromatic nitrogens is 1. The van der Waals surface area contributed by atoms with E-state index in [4.69, 9.17) is 11.6 Å². The van der Waals surface area contributed by atoms with Crippen LogP contribution in [0.1, 0.15) is 65.1 Å². The standard InChI is InChI=1S/C25H27ClN2O3/c1-4-17(12-16(2)3)24(30)18-7-8-21(20(13-18)15-29)19-9-11-28(14-19)25(31)23-22(26)6-5-10-27-23/h4-8,10,12-13,19,29H,9,11,14-15H2,1-3H3/b17-4+. The van der Waals surface area contributed by atoms with Gasteiger partial charge in [0.1, 0.15) is 5.69 Å². The second-order valence-electron chi connectivity index (χ2n) is 7.94. The Kier molecular flexibility index (Phi) is 7.42. The lowest BCUT2D eigenvalue weighted by Gasteiger charge is -2.18. The first-order chi connectivity index (χ1) is 14.8. The average Bonchev–Trinajstić information content (AvgIpc) is 3.26. The number of benzene rings is 1. The van der Waals surface area contributed by atoms with Gasteiger partial charge in [-0.15, -0.1) is 0 Å². The molecule has 0 spiro atoms. The van der Waals surface area contributed by atoms with Gasteiger partial charge in [0.05, 0.1) is 11.6 Å². The lowest BCUT2D eigenvalue weighted by Crippen LogP contribution is -2.29. The van der Waals surface area contributed by atoms with Crippen LogP contribution >= 0.6 is 11.6 Å². The van der Waals surface area contributed by atoms with Gasteiger partial charge in [-0.25, -0.2) is 4.98 Å². The number of hydrogen-bond acceptors (Lipinski definition) is 4. The van der Waals surface area contributed by atoms with Gasteiger partial charge in [0.25, 0.3) is 5.91 Å². The molecule has 1 aliphatic rings. The van der Waals surface area contributed by atoms with Crippen LogP contribution in [0.5, 0.6) is 0 Å². The number of hydrogen-bond donors (Lipinski definition) is 1. The van der Waals surface area contributed by atoms with E-state index in [0.717, 1.165) is 17.6 Å². The van der Waals surface area contributed by atoms with Crippen molar-refractivity contribution in [1.29, 1.82) is 0 Å². The molecule has 0 saturated carbocycles. The zero-order valence-electron chi connectivity index (χ0n) is 18.1. The van der Waals surface area contributed by atoms with Gasteiger partial charge in [-0.1, -0.05) is 41.5 Å². The largest absolute Gasteiger partial charge is 0.392 e. The van der Waals surface area contributed by atoms with E-state index in [1.165, 1.54) is 0 Å². The topological polar surface area (TPSA) is 70.5 Å². The molecule has 162 valence electrons. The molecule has 2 aromatic rings. The summed E-state index contributed by atoms with van der Waals surface area (Å²) >= 11 is 6.13. The highest BCUT2D eigenvalue weighted by atomic mass is 35.5. The minimum Gasteiger partial charge on any atom is -0.392 e. The van der Waals surface area contributed by atoms with Crippen LogP contribution < -0.4 is 0 Å². The summed E-state index contributed by atoms with van der Waals surface area (Å²) in [7, 11) is 0. The molecule has 1 saturated heterocycles. The van der Waals surface area contributed by atoms with Crippen LogP contribution in [0.4, 0.5) is 0 Å². The van der Waals surface area contributed by atoms with E-state index in [2.05, 4.69) is 4.98 Å². The van der Waals surface area contributed by atoms with Gasteiger partial charge >= 0.3 is 0 Å². The monoisotopic (exact) mass is 438 g/mol. The molecule has 1 aromatic carbocycles. The normalized spacial score (nSPS) is 16.4. The summed E-state index contributed by atoms with van der Waals surface area (Å²) in [4.78, 5) is 31.5. The van der Waals surface area contributed by atoms with E-state index in [1.54, 1.807) is 41.4 Å². The van der Waals surface area contributed by atoms with Crippen molar-refractivity contribution < 1.29 is 14.7 Å². The molecule has 0 radical (unpaired) electrons. The summed E-state index contributed by atoms with van der Waals surface area (Å²) in [6, 6.07) is 8.82. The Morgan fingerprint density at radius 3 is 2.71 bits per heavy atom. The van der Waals surface area contributed by atoms with E-state index in [9.17, 15) is 14.7 Å². The number of pyridine rings is 1. The Bertz CT molecular complexity index is 1050. The van der Waals surface area contributed by atoms with Crippen LogP contribution in [-0.4, -0.2) is 39.8 Å². The maximum atomic E-state index is 12.9. The molecular weight excluding hydrogens is 412 g/mol. The highest BCUT2D eigenvalue weighted by Crippen LogP contribution is 2.32. The van der Waals surface area contributed by atoms with Gasteiger partial charge < -0.3 is 10.0 Å². The molecule has 2 heterocycles. The number of allylic oxidation sites excluding steroid dienone is 4. The fourth-order valence-corrected chi connectivity index (χ4v) is 4.13. The number of aliphatic hydroxyl groups excluding tert-OH is 1. The molecule has 1 aromatic heterocycles. The molecule has 31 heavy (non-hydrogen) atoms. The number of Topliss-reactive ketones (excluding diaryl/α,β-unsaturated/α-hetero) is 1. The third-order valence-corrected chi connectivity index (χ3v) is 5.77. The van der Waals surface area contributed by atoms with Crippen LogP contribution in [-0.2, 0) is 6.61 Å². The molecular formula is C25H27ClN2O3. The fraction of sp³-hybridized carbons (Fsp3) is 0.320. The van der Waals surface area contributed by atoms with Gasteiger partial charge in [-0.2, -0.15) is 0 Å². The highest BCUT2D eigenvalue weighted by molar-refractivity contribution is 6.33. The van der Waals surface area contributed by atoms with Crippen molar-refractivity contribution in [2.24, 2.45) is 0 Å². The van der Waals surface area contributed by atoms with E-state index in [0.29, 0.717) is 34.8 Å². The molecule has 6 heteroatoms. The predicted octanol–water partition coefficient (Wildman–Crippen LogP) is 4.95. The first kappa shape index (κ1) is 22.9. The molecule has 5 nitrogen and oxygen atoms in total. The Morgan fingerprint density at radius 2 is 2.06 bits per heavy atom. The molecule has 0 bridgehead atoms. The number of amides is 1. The molecule has 1 atom stereocenters. The second kappa shape index (κ2) is 10.0. The summed E-state index contributed by atoms with van der Waals surface area (Å²) in [5.74, 6) is -0.181. The Hall–Kier alpha value is -2.76. The van der Waals surface area contributed by atoms with Gasteiger partial charge in [0.2, 0.25) is 0 Å². The Balaban J connectivity index is 1.81. The van der Waals surface area contributed by atoms with Crippen LogP contribution in [0.2, 0.25) is 5.02 Å². The van der Waals surface area contributed by atoms with Crippen molar-refractivity contribution in [3.63, 3.8) is 0 Å². The molecule has 1 unspecified atom stereocenters. The lowest BCUT2D eigenvalue weighted by molar-refractivity contribution is 0.0785. The number of carbonyl (C=O) groups is 2. The molecule has 1 amide bonds. The molecule has 1 fully saturated rings. The van der Waals surface area contributed by atoms with E-state index >= 15 is 0 Å². The molecule has 0 aliphatic carbocycles. The number of halogens is 1. The van der Waals surface area contributed by atoms with E-state index < -0.39 is 0 Å². The summed E-state index contributed by atoms with van der Waals surface area (Å²) in [5.41, 5.74) is 4.15. The van der Waals surface area contributed by atoms with Crippen molar-refractivity contribution >= 4 is 23.3 Å². The van der Waals surface area contributed by atoms with E-state index in [-0.39, 0.29) is 29.9 Å². The first-order valence-electron chi connectivity index (χ1n) is 10.3. The molecule has 1 N–H and O–H groups in total. The third-order valence-electron chi connectivity index (χ3n) is 5.47. The third kappa shape index (κ3) is 5.12. The maximum Gasteiger partial charge on any atom is 0.274 e. The van der Waals surface area contributed by atoms with Crippen molar-refractivity contribution in [2.45, 2.75) is 39.7 Å². The SMILES string of the molecule is C/C=C(\C=C(C)C)C(=O)c1ccc(C2CCN(C(=O)c3ncccc3Cl)C2)c(CO)c1. The zero-order valence-corrected chi connectivity index (χ0v) is 18.8. The van der Waals surface area contributed by atoms with Gasteiger partial charge in [0, 0.05) is 36.3 Å². The van der Waals surface area contributed by atoms with Gasteiger partial charge in [-0.05, 0) is 56.5 Å². The van der Waals surface area contributed by atoms with Crippen molar-refractivity contribution in [2.75, 3.05) is 13.1 Å². The number of rotatable bonds is 6. The van der Waals surface area contributed by atoms with Gasteiger partial charge in [-0.3, -0.25) is 9.59 Å². The summed E-state index contributed by atoms with van der Waals surface area (Å²) in [6.45, 7) is 6.68. The van der Waals surface area contributed by atoms with E-state index in [1.807, 2.05) is 32.9 Å². The number of carbonyl (C=O) groups excluding carboxylic acids is 2.